The van der Waals surface area contributed by atoms with Crippen LogP contribution in [0.1, 0.15) is 31.3 Å². The Hall–Kier alpha value is -1.97. The Kier molecular flexibility index (Phi) is 3.27. The lowest BCUT2D eigenvalue weighted by molar-refractivity contribution is 0.0741. The molecule has 1 heterocycles. The summed E-state index contributed by atoms with van der Waals surface area (Å²) in [7, 11) is 1.82. The van der Waals surface area contributed by atoms with E-state index >= 15 is 0 Å². The van der Waals surface area contributed by atoms with E-state index in [1.807, 2.05) is 31.3 Å². The van der Waals surface area contributed by atoms with Crippen molar-refractivity contribution in [2.24, 2.45) is 5.41 Å². The number of nitrogen functional groups attached to an aromatic ring is 1. The van der Waals surface area contributed by atoms with Crippen molar-refractivity contribution in [2.75, 3.05) is 19.3 Å². The summed E-state index contributed by atoms with van der Waals surface area (Å²) in [5.41, 5.74) is 8.04. The number of benzene rings is 1. The minimum atomic E-state index is -0.00877. The SMILES string of the molecule is CN(CC(C)(C)C)C(=O)c1cc2cccc(N)c2[nH]1. The zero-order valence-corrected chi connectivity index (χ0v) is 11.9. The number of amides is 1. The zero-order valence-electron chi connectivity index (χ0n) is 11.9. The van der Waals surface area contributed by atoms with Crippen molar-refractivity contribution in [1.82, 2.24) is 9.88 Å². The molecule has 0 bridgehead atoms. The number of H-pyrrole nitrogens is 1. The molecule has 0 fully saturated rings. The number of para-hydroxylation sites is 1. The first kappa shape index (κ1) is 13.5. The van der Waals surface area contributed by atoms with E-state index < -0.39 is 0 Å². The number of nitrogens with zero attached hydrogens (tertiary/aromatic N) is 1. The maximum atomic E-state index is 12.4. The van der Waals surface area contributed by atoms with Gasteiger partial charge in [-0.2, -0.15) is 0 Å². The maximum Gasteiger partial charge on any atom is 0.270 e. The van der Waals surface area contributed by atoms with E-state index in [4.69, 9.17) is 5.73 Å². The highest BCUT2D eigenvalue weighted by Crippen LogP contribution is 2.22. The predicted molar refractivity (Wildman–Crippen MR) is 79.1 cm³/mol. The summed E-state index contributed by atoms with van der Waals surface area (Å²) in [4.78, 5) is 17.2. The summed E-state index contributed by atoms with van der Waals surface area (Å²) in [6.45, 7) is 7.04. The Morgan fingerprint density at radius 3 is 2.63 bits per heavy atom. The van der Waals surface area contributed by atoms with Crippen LogP contribution in [0.2, 0.25) is 0 Å². The first-order chi connectivity index (χ1) is 8.78. The van der Waals surface area contributed by atoms with Crippen LogP contribution in [-0.4, -0.2) is 29.4 Å². The molecule has 4 heteroatoms. The van der Waals surface area contributed by atoms with Crippen LogP contribution in [0.3, 0.4) is 0 Å². The van der Waals surface area contributed by atoms with Gasteiger partial charge in [0.2, 0.25) is 0 Å². The Morgan fingerprint density at radius 2 is 2.05 bits per heavy atom. The smallest absolute Gasteiger partial charge is 0.270 e. The molecule has 0 atom stereocenters. The van der Waals surface area contributed by atoms with E-state index in [-0.39, 0.29) is 11.3 Å². The number of hydrogen-bond acceptors (Lipinski definition) is 2. The normalized spacial score (nSPS) is 11.8. The predicted octanol–water partition coefficient (Wildman–Crippen LogP) is 2.87. The highest BCUT2D eigenvalue weighted by Gasteiger charge is 2.20. The Labute approximate surface area is 113 Å². The van der Waals surface area contributed by atoms with Crippen molar-refractivity contribution in [3.05, 3.63) is 30.0 Å². The fourth-order valence-corrected chi connectivity index (χ4v) is 2.28. The van der Waals surface area contributed by atoms with Gasteiger partial charge in [-0.3, -0.25) is 4.79 Å². The lowest BCUT2D eigenvalue weighted by Crippen LogP contribution is -2.34. The maximum absolute atomic E-state index is 12.4. The van der Waals surface area contributed by atoms with Crippen molar-refractivity contribution in [2.45, 2.75) is 20.8 Å². The Balaban J connectivity index is 2.29. The molecule has 1 amide bonds. The van der Waals surface area contributed by atoms with Gasteiger partial charge < -0.3 is 15.6 Å². The third-order valence-corrected chi connectivity index (χ3v) is 2.98. The minimum absolute atomic E-state index is 0.00877. The number of nitrogens with two attached hydrogens (primary N) is 1. The van der Waals surface area contributed by atoms with Gasteiger partial charge in [-0.25, -0.2) is 0 Å². The summed E-state index contributed by atoms with van der Waals surface area (Å²) < 4.78 is 0. The van der Waals surface area contributed by atoms with Gasteiger partial charge in [0, 0.05) is 19.0 Å². The van der Waals surface area contributed by atoms with Gasteiger partial charge in [-0.05, 0) is 17.5 Å². The third kappa shape index (κ3) is 2.89. The third-order valence-electron chi connectivity index (χ3n) is 2.98. The van der Waals surface area contributed by atoms with Crippen molar-refractivity contribution >= 4 is 22.5 Å². The molecule has 0 aliphatic heterocycles. The number of nitrogens with one attached hydrogen (secondary N) is 1. The van der Waals surface area contributed by atoms with Crippen LogP contribution in [0.25, 0.3) is 10.9 Å². The van der Waals surface area contributed by atoms with Gasteiger partial charge in [-0.1, -0.05) is 32.9 Å². The molecule has 0 saturated heterocycles. The van der Waals surface area contributed by atoms with E-state index in [9.17, 15) is 4.79 Å². The molecule has 0 aliphatic rings. The van der Waals surface area contributed by atoms with Gasteiger partial charge in [-0.15, -0.1) is 0 Å². The fourth-order valence-electron chi connectivity index (χ4n) is 2.28. The Bertz CT molecular complexity index is 607. The Morgan fingerprint density at radius 1 is 1.37 bits per heavy atom. The van der Waals surface area contributed by atoms with Gasteiger partial charge in [0.25, 0.3) is 5.91 Å². The molecule has 1 aromatic carbocycles. The van der Waals surface area contributed by atoms with Gasteiger partial charge in [0.05, 0.1) is 11.2 Å². The van der Waals surface area contributed by atoms with Crippen molar-refractivity contribution < 1.29 is 4.79 Å². The number of rotatable bonds is 2. The minimum Gasteiger partial charge on any atom is -0.397 e. The molecular weight excluding hydrogens is 238 g/mol. The number of anilines is 1. The number of aromatic amines is 1. The van der Waals surface area contributed by atoms with Crippen LogP contribution < -0.4 is 5.73 Å². The van der Waals surface area contributed by atoms with Gasteiger partial charge in [0.15, 0.2) is 0 Å². The highest BCUT2D eigenvalue weighted by atomic mass is 16.2. The van der Waals surface area contributed by atoms with E-state index in [2.05, 4.69) is 25.8 Å². The summed E-state index contributed by atoms with van der Waals surface area (Å²) in [5, 5.41) is 0.965. The van der Waals surface area contributed by atoms with Crippen LogP contribution >= 0.6 is 0 Å². The van der Waals surface area contributed by atoms with E-state index in [0.29, 0.717) is 17.9 Å². The molecule has 0 radical (unpaired) electrons. The molecule has 3 N–H and O–H groups in total. The number of aromatic nitrogens is 1. The molecule has 2 rings (SSSR count). The number of carbonyl (C=O) groups excluding carboxylic acids is 1. The molecule has 2 aromatic rings. The largest absolute Gasteiger partial charge is 0.397 e. The zero-order chi connectivity index (χ0) is 14.2. The fraction of sp³-hybridized carbons (Fsp3) is 0.400. The molecule has 0 unspecified atom stereocenters. The van der Waals surface area contributed by atoms with Gasteiger partial charge >= 0.3 is 0 Å². The molecule has 102 valence electrons. The monoisotopic (exact) mass is 259 g/mol. The van der Waals surface area contributed by atoms with E-state index in [1.54, 1.807) is 4.90 Å². The topological polar surface area (TPSA) is 62.1 Å². The molecule has 0 aliphatic carbocycles. The van der Waals surface area contributed by atoms with E-state index in [1.165, 1.54) is 0 Å². The average Bonchev–Trinajstić information content (AvgIpc) is 2.71. The lowest BCUT2D eigenvalue weighted by atomic mass is 9.96. The number of carbonyl (C=O) groups is 1. The number of fused-ring (bicyclic) bond motifs is 1. The summed E-state index contributed by atoms with van der Waals surface area (Å²) in [5.74, 6) is -0.00877. The van der Waals surface area contributed by atoms with Crippen molar-refractivity contribution in [3.63, 3.8) is 0 Å². The quantitative estimate of drug-likeness (QED) is 0.815. The summed E-state index contributed by atoms with van der Waals surface area (Å²) in [6, 6.07) is 7.51. The molecular formula is C15H21N3O. The lowest BCUT2D eigenvalue weighted by Gasteiger charge is -2.26. The van der Waals surface area contributed by atoms with Crippen LogP contribution in [0.4, 0.5) is 5.69 Å². The first-order valence-electron chi connectivity index (χ1n) is 6.40. The van der Waals surface area contributed by atoms with Crippen LogP contribution in [0.5, 0.6) is 0 Å². The second kappa shape index (κ2) is 4.61. The second-order valence-corrected chi connectivity index (χ2v) is 6.22. The van der Waals surface area contributed by atoms with E-state index in [0.717, 1.165) is 10.9 Å². The first-order valence-corrected chi connectivity index (χ1v) is 6.40. The van der Waals surface area contributed by atoms with Crippen LogP contribution in [0.15, 0.2) is 24.3 Å². The van der Waals surface area contributed by atoms with Crippen molar-refractivity contribution in [3.8, 4) is 0 Å². The molecule has 19 heavy (non-hydrogen) atoms. The number of hydrogen-bond donors (Lipinski definition) is 2. The second-order valence-electron chi connectivity index (χ2n) is 6.22. The standard InChI is InChI=1S/C15H21N3O/c1-15(2,3)9-18(4)14(19)12-8-10-6-5-7-11(16)13(10)17-12/h5-8,17H,9,16H2,1-4H3. The molecule has 4 nitrogen and oxygen atoms in total. The van der Waals surface area contributed by atoms with Crippen LogP contribution in [0, 0.1) is 5.41 Å². The summed E-state index contributed by atoms with van der Waals surface area (Å²) in [6.07, 6.45) is 0. The van der Waals surface area contributed by atoms with Crippen LogP contribution in [-0.2, 0) is 0 Å². The molecule has 1 aromatic heterocycles. The average molecular weight is 259 g/mol. The molecule has 0 saturated carbocycles. The van der Waals surface area contributed by atoms with Gasteiger partial charge in [0.1, 0.15) is 5.69 Å². The summed E-state index contributed by atoms with van der Waals surface area (Å²) >= 11 is 0. The highest BCUT2D eigenvalue weighted by molar-refractivity contribution is 6.00. The molecule has 0 spiro atoms. The van der Waals surface area contributed by atoms with Crippen molar-refractivity contribution in [1.29, 1.82) is 0 Å².